The molecule has 24 heavy (non-hydrogen) atoms. The molecular weight excluding hydrogens is 330 g/mol. The van der Waals surface area contributed by atoms with Crippen LogP contribution in [-0.2, 0) is 0 Å². The molecule has 2 aromatic rings. The molecule has 0 unspecified atom stereocenters. The summed E-state index contributed by atoms with van der Waals surface area (Å²) in [6.07, 6.45) is 4.79. The third-order valence-electron chi connectivity index (χ3n) is 3.41. The van der Waals surface area contributed by atoms with Crippen molar-refractivity contribution in [2.24, 2.45) is 4.99 Å². The van der Waals surface area contributed by atoms with Crippen molar-refractivity contribution in [1.82, 2.24) is 10.2 Å². The Bertz CT molecular complexity index is 953. The predicted molar refractivity (Wildman–Crippen MR) is 93.8 cm³/mol. The van der Waals surface area contributed by atoms with Crippen LogP contribution in [0.25, 0.3) is 10.9 Å². The third kappa shape index (κ3) is 3.19. The van der Waals surface area contributed by atoms with Gasteiger partial charge >= 0.3 is 0 Å². The maximum absolute atomic E-state index is 13.4. The van der Waals surface area contributed by atoms with Crippen molar-refractivity contribution in [3.05, 3.63) is 53.8 Å². The standard InChI is InChI=1S/C17H14F2N4S/c1-10(12-5-4-6-16(22-12)17(2,18)19)21-14-7-11-9-20-23-13(11)8-15(14)24-3/h6-9,21H,1H2,2-3H3,(H,20,23). The average Bonchev–Trinajstić information content (AvgIpc) is 3.00. The maximum atomic E-state index is 13.4. The average molecular weight is 344 g/mol. The summed E-state index contributed by atoms with van der Waals surface area (Å²) >= 11 is 1.55. The summed E-state index contributed by atoms with van der Waals surface area (Å²) in [5.41, 5.74) is 7.20. The molecule has 3 rings (SSSR count). The van der Waals surface area contributed by atoms with Crippen LogP contribution in [0.15, 0.2) is 63.7 Å². The van der Waals surface area contributed by atoms with Gasteiger partial charge in [0.2, 0.25) is 0 Å². The van der Waals surface area contributed by atoms with Crippen molar-refractivity contribution < 1.29 is 8.78 Å². The van der Waals surface area contributed by atoms with Gasteiger partial charge in [0.25, 0.3) is 5.92 Å². The van der Waals surface area contributed by atoms with E-state index in [1.54, 1.807) is 18.0 Å². The fraction of sp³-hybridized carbons (Fsp3) is 0.176. The van der Waals surface area contributed by atoms with Gasteiger partial charge in [0.15, 0.2) is 0 Å². The SMILES string of the molecule is C=C(Nc1cc2cn[nH]c2cc1SC)C1=C=C=CC(C(C)(F)F)=N1. The largest absolute Gasteiger partial charge is 0.353 e. The van der Waals surface area contributed by atoms with E-state index in [4.69, 9.17) is 0 Å². The van der Waals surface area contributed by atoms with Crippen LogP contribution in [0.1, 0.15) is 6.92 Å². The Morgan fingerprint density at radius 1 is 1.42 bits per heavy atom. The van der Waals surface area contributed by atoms with E-state index in [9.17, 15) is 8.78 Å². The molecule has 0 amide bonds. The molecule has 0 saturated carbocycles. The zero-order chi connectivity index (χ0) is 17.3. The molecule has 0 bridgehead atoms. The maximum Gasteiger partial charge on any atom is 0.287 e. The molecule has 1 aromatic heterocycles. The molecule has 0 aliphatic carbocycles. The number of aromatic nitrogens is 2. The number of aliphatic imine (C=N–C) groups is 1. The fourth-order valence-corrected chi connectivity index (χ4v) is 2.75. The molecule has 0 saturated heterocycles. The lowest BCUT2D eigenvalue weighted by Gasteiger charge is -2.15. The summed E-state index contributed by atoms with van der Waals surface area (Å²) in [6.45, 7) is 4.68. The molecule has 2 N–H and O–H groups in total. The molecule has 4 nitrogen and oxygen atoms in total. The number of anilines is 1. The summed E-state index contributed by atoms with van der Waals surface area (Å²) < 4.78 is 26.8. The lowest BCUT2D eigenvalue weighted by Crippen LogP contribution is -2.23. The lowest BCUT2D eigenvalue weighted by molar-refractivity contribution is 0.102. The highest BCUT2D eigenvalue weighted by Crippen LogP contribution is 2.31. The zero-order valence-electron chi connectivity index (χ0n) is 13.1. The van der Waals surface area contributed by atoms with Gasteiger partial charge in [-0.25, -0.2) is 4.99 Å². The van der Waals surface area contributed by atoms with Crippen molar-refractivity contribution in [3.8, 4) is 0 Å². The molecule has 0 fully saturated rings. The minimum Gasteiger partial charge on any atom is -0.353 e. The van der Waals surface area contributed by atoms with Crippen LogP contribution in [0.5, 0.6) is 0 Å². The molecule has 0 atom stereocenters. The Kier molecular flexibility index (Phi) is 4.16. The monoisotopic (exact) mass is 344 g/mol. The summed E-state index contributed by atoms with van der Waals surface area (Å²) in [5.74, 6) is -3.04. The number of thioether (sulfide) groups is 1. The van der Waals surface area contributed by atoms with Gasteiger partial charge in [-0.3, -0.25) is 5.10 Å². The number of rotatable bonds is 5. The number of nitrogens with zero attached hydrogens (tertiary/aromatic N) is 2. The van der Waals surface area contributed by atoms with E-state index in [1.807, 2.05) is 18.4 Å². The first-order chi connectivity index (χ1) is 11.4. The summed E-state index contributed by atoms with van der Waals surface area (Å²) in [6, 6.07) is 3.88. The number of hydrogen-bond acceptors (Lipinski definition) is 4. The Hall–Kier alpha value is -2.59. The van der Waals surface area contributed by atoms with Gasteiger partial charge in [0.05, 0.1) is 23.1 Å². The highest BCUT2D eigenvalue weighted by Gasteiger charge is 2.28. The molecule has 0 spiro atoms. The molecule has 122 valence electrons. The van der Waals surface area contributed by atoms with E-state index < -0.39 is 5.92 Å². The number of alkyl halides is 2. The van der Waals surface area contributed by atoms with Gasteiger partial charge in [-0.1, -0.05) is 12.3 Å². The molecular formula is C17H14F2N4S. The van der Waals surface area contributed by atoms with Crippen molar-refractivity contribution >= 4 is 34.1 Å². The minimum absolute atomic E-state index is 0.202. The quantitative estimate of drug-likeness (QED) is 0.620. The second kappa shape index (κ2) is 6.13. The first kappa shape index (κ1) is 16.3. The number of benzene rings is 1. The molecule has 0 radical (unpaired) electrons. The van der Waals surface area contributed by atoms with Crippen LogP contribution in [-0.4, -0.2) is 28.1 Å². The topological polar surface area (TPSA) is 53.1 Å². The van der Waals surface area contributed by atoms with E-state index >= 15 is 0 Å². The van der Waals surface area contributed by atoms with Crippen LogP contribution < -0.4 is 5.32 Å². The van der Waals surface area contributed by atoms with Gasteiger partial charge in [-0.2, -0.15) is 13.9 Å². The second-order valence-corrected chi connectivity index (χ2v) is 6.11. The molecule has 1 aliphatic heterocycles. The van der Waals surface area contributed by atoms with Gasteiger partial charge in [0, 0.05) is 23.3 Å². The second-order valence-electron chi connectivity index (χ2n) is 5.26. The minimum atomic E-state index is -3.04. The Morgan fingerprint density at radius 2 is 2.21 bits per heavy atom. The molecule has 2 heterocycles. The van der Waals surface area contributed by atoms with Gasteiger partial charge in [-0.15, -0.1) is 11.8 Å². The van der Waals surface area contributed by atoms with Crippen molar-refractivity contribution in [2.45, 2.75) is 17.7 Å². The first-order valence-corrected chi connectivity index (χ1v) is 8.27. The number of fused-ring (bicyclic) bond motifs is 1. The van der Waals surface area contributed by atoms with Gasteiger partial charge in [0.1, 0.15) is 11.4 Å². The highest BCUT2D eigenvalue weighted by molar-refractivity contribution is 7.98. The third-order valence-corrected chi connectivity index (χ3v) is 4.19. The highest BCUT2D eigenvalue weighted by atomic mass is 32.2. The normalized spacial score (nSPS) is 13.8. The molecule has 7 heteroatoms. The number of hydrogen-bond donors (Lipinski definition) is 2. The first-order valence-electron chi connectivity index (χ1n) is 7.04. The van der Waals surface area contributed by atoms with E-state index in [2.05, 4.69) is 38.5 Å². The lowest BCUT2D eigenvalue weighted by atomic mass is 10.2. The Labute approximate surface area is 141 Å². The van der Waals surface area contributed by atoms with E-state index in [1.165, 1.54) is 0 Å². The van der Waals surface area contributed by atoms with E-state index in [0.717, 1.165) is 34.5 Å². The Morgan fingerprint density at radius 3 is 2.92 bits per heavy atom. The smallest absolute Gasteiger partial charge is 0.287 e. The number of H-pyrrole nitrogens is 1. The predicted octanol–water partition coefficient (Wildman–Crippen LogP) is 4.51. The number of aromatic amines is 1. The van der Waals surface area contributed by atoms with Crippen LogP contribution >= 0.6 is 11.8 Å². The van der Waals surface area contributed by atoms with Gasteiger partial charge in [-0.05, 0) is 24.1 Å². The van der Waals surface area contributed by atoms with Crippen LogP contribution in [0.4, 0.5) is 14.5 Å². The van der Waals surface area contributed by atoms with Crippen molar-refractivity contribution in [3.63, 3.8) is 0 Å². The van der Waals surface area contributed by atoms with Crippen LogP contribution in [0, 0.1) is 0 Å². The van der Waals surface area contributed by atoms with E-state index in [0.29, 0.717) is 5.70 Å². The summed E-state index contributed by atoms with van der Waals surface area (Å²) in [7, 11) is 0. The van der Waals surface area contributed by atoms with Crippen LogP contribution in [0.2, 0.25) is 0 Å². The van der Waals surface area contributed by atoms with Gasteiger partial charge < -0.3 is 5.32 Å². The number of nitrogens with one attached hydrogen (secondary N) is 2. The van der Waals surface area contributed by atoms with Crippen molar-refractivity contribution in [2.75, 3.05) is 11.6 Å². The van der Waals surface area contributed by atoms with E-state index in [-0.39, 0.29) is 11.4 Å². The van der Waals surface area contributed by atoms with Crippen molar-refractivity contribution in [1.29, 1.82) is 0 Å². The molecule has 1 aliphatic rings. The summed E-state index contributed by atoms with van der Waals surface area (Å²) in [5, 5.41) is 11.0. The van der Waals surface area contributed by atoms with Crippen LogP contribution in [0.3, 0.4) is 0 Å². The fourth-order valence-electron chi connectivity index (χ4n) is 2.18. The summed E-state index contributed by atoms with van der Waals surface area (Å²) in [4.78, 5) is 4.89. The zero-order valence-corrected chi connectivity index (χ0v) is 13.9. The molecule has 1 aromatic carbocycles. The number of allylic oxidation sites excluding steroid dienone is 1. The Balaban J connectivity index is 1.92. The number of halogens is 2.